The van der Waals surface area contributed by atoms with Crippen molar-refractivity contribution in [2.45, 2.75) is 13.0 Å². The molecule has 0 aromatic heterocycles. The Morgan fingerprint density at radius 2 is 2.40 bits per heavy atom. The third kappa shape index (κ3) is 3.39. The summed E-state index contributed by atoms with van der Waals surface area (Å²) in [5.41, 5.74) is 10.0. The minimum Gasteiger partial charge on any atom is -0.394 e. The molecule has 0 bridgehead atoms. The summed E-state index contributed by atoms with van der Waals surface area (Å²) >= 11 is 0. The number of carbonyl (C=O) groups is 1. The molecule has 0 saturated carbocycles. The zero-order valence-electron chi connectivity index (χ0n) is 5.92. The van der Waals surface area contributed by atoms with Gasteiger partial charge in [-0.1, -0.05) is 6.92 Å². The van der Waals surface area contributed by atoms with Gasteiger partial charge < -0.3 is 10.8 Å². The molecule has 0 rings (SSSR count). The average molecular weight is 147 g/mol. The molecule has 10 heavy (non-hydrogen) atoms. The second-order valence-electron chi connectivity index (χ2n) is 1.81. The maximum absolute atomic E-state index is 10.7. The van der Waals surface area contributed by atoms with Gasteiger partial charge in [-0.25, -0.2) is 5.43 Å². The number of hydrogen-bond acceptors (Lipinski definition) is 4. The summed E-state index contributed by atoms with van der Waals surface area (Å²) in [5.74, 6) is -0.399. The molecule has 1 amide bonds. The largest absolute Gasteiger partial charge is 0.394 e. The summed E-state index contributed by atoms with van der Waals surface area (Å²) in [6.07, 6.45) is 0. The summed E-state index contributed by atoms with van der Waals surface area (Å²) in [6.45, 7) is 2.13. The van der Waals surface area contributed by atoms with Crippen molar-refractivity contribution < 1.29 is 9.90 Å². The topological polar surface area (TPSA) is 87.4 Å². The van der Waals surface area contributed by atoms with Crippen LogP contribution in [0.15, 0.2) is 0 Å². The number of nitrogens with two attached hydrogens (primary N) is 1. The summed E-state index contributed by atoms with van der Waals surface area (Å²) in [4.78, 5) is 10.7. The quantitative estimate of drug-likeness (QED) is 0.345. The lowest BCUT2D eigenvalue weighted by Crippen LogP contribution is -2.48. The van der Waals surface area contributed by atoms with Gasteiger partial charge >= 0.3 is 0 Å². The molecule has 0 saturated heterocycles. The van der Waals surface area contributed by atoms with Gasteiger partial charge in [-0.15, -0.1) is 0 Å². The van der Waals surface area contributed by atoms with Crippen molar-refractivity contribution in [3.05, 3.63) is 0 Å². The highest BCUT2D eigenvalue weighted by Gasteiger charge is 2.09. The molecule has 0 radical (unpaired) electrons. The third-order valence-electron chi connectivity index (χ3n) is 0.922. The molecule has 0 heterocycles. The molecule has 0 spiro atoms. The van der Waals surface area contributed by atoms with Gasteiger partial charge in [0.1, 0.15) is 6.04 Å². The Morgan fingerprint density at radius 1 is 1.80 bits per heavy atom. The van der Waals surface area contributed by atoms with E-state index in [4.69, 9.17) is 10.8 Å². The molecule has 5 N–H and O–H groups in total. The number of nitrogens with one attached hydrogen (secondary N) is 2. The van der Waals surface area contributed by atoms with E-state index in [2.05, 4.69) is 10.9 Å². The van der Waals surface area contributed by atoms with Crippen LogP contribution in [0.5, 0.6) is 0 Å². The highest BCUT2D eigenvalue weighted by Crippen LogP contribution is 1.72. The molecule has 5 heteroatoms. The molecule has 5 nitrogen and oxygen atoms in total. The fourth-order valence-corrected chi connectivity index (χ4v) is 0.351. The van der Waals surface area contributed by atoms with Crippen molar-refractivity contribution in [3.63, 3.8) is 0 Å². The van der Waals surface area contributed by atoms with Crippen LogP contribution in [-0.2, 0) is 4.79 Å². The van der Waals surface area contributed by atoms with Crippen LogP contribution in [0.4, 0.5) is 0 Å². The maximum atomic E-state index is 10.7. The SMILES string of the molecule is CCNNC(=O)C(N)CO. The zero-order valence-corrected chi connectivity index (χ0v) is 5.92. The molecular formula is C5H13N3O2. The first-order valence-corrected chi connectivity index (χ1v) is 3.11. The lowest BCUT2D eigenvalue weighted by Gasteiger charge is -2.08. The normalized spacial score (nSPS) is 12.7. The number of aliphatic hydroxyl groups is 1. The number of carbonyl (C=O) groups excluding carboxylic acids is 1. The Hall–Kier alpha value is -0.650. The van der Waals surface area contributed by atoms with Gasteiger partial charge in [-0.3, -0.25) is 10.2 Å². The highest BCUT2D eigenvalue weighted by atomic mass is 16.3. The summed E-state index contributed by atoms with van der Waals surface area (Å²) < 4.78 is 0. The van der Waals surface area contributed by atoms with Crippen molar-refractivity contribution in [3.8, 4) is 0 Å². The van der Waals surface area contributed by atoms with E-state index < -0.39 is 11.9 Å². The third-order valence-corrected chi connectivity index (χ3v) is 0.922. The Balaban J connectivity index is 3.42. The second kappa shape index (κ2) is 5.16. The first kappa shape index (κ1) is 9.35. The van der Waals surface area contributed by atoms with Crippen molar-refractivity contribution in [2.75, 3.05) is 13.2 Å². The first-order valence-electron chi connectivity index (χ1n) is 3.11. The minimum atomic E-state index is -0.834. The molecular weight excluding hydrogens is 134 g/mol. The molecule has 0 aliphatic heterocycles. The van der Waals surface area contributed by atoms with E-state index in [1.54, 1.807) is 0 Å². The molecule has 0 aliphatic rings. The predicted octanol–water partition coefficient (Wildman–Crippen LogP) is -2.05. The van der Waals surface area contributed by atoms with Crippen LogP contribution in [0.2, 0.25) is 0 Å². The maximum Gasteiger partial charge on any atom is 0.253 e. The van der Waals surface area contributed by atoms with Gasteiger partial charge in [0.15, 0.2) is 0 Å². The number of aliphatic hydroxyl groups excluding tert-OH is 1. The monoisotopic (exact) mass is 147 g/mol. The number of amides is 1. The van der Waals surface area contributed by atoms with E-state index in [0.717, 1.165) is 0 Å². The minimum absolute atomic E-state index is 0.336. The molecule has 0 aliphatic carbocycles. The smallest absolute Gasteiger partial charge is 0.253 e. The van der Waals surface area contributed by atoms with Gasteiger partial charge in [0.05, 0.1) is 6.61 Å². The molecule has 1 atom stereocenters. The van der Waals surface area contributed by atoms with Crippen LogP contribution in [-0.4, -0.2) is 30.2 Å². The van der Waals surface area contributed by atoms with Crippen LogP contribution < -0.4 is 16.6 Å². The fourth-order valence-electron chi connectivity index (χ4n) is 0.351. The molecule has 0 aromatic rings. The van der Waals surface area contributed by atoms with Gasteiger partial charge in [0.25, 0.3) is 5.91 Å². The average Bonchev–Trinajstić information content (AvgIpc) is 1.98. The summed E-state index contributed by atoms with van der Waals surface area (Å²) in [7, 11) is 0. The molecule has 0 aromatic carbocycles. The second-order valence-corrected chi connectivity index (χ2v) is 1.81. The number of rotatable bonds is 4. The molecule has 0 fully saturated rings. The van der Waals surface area contributed by atoms with E-state index in [-0.39, 0.29) is 6.61 Å². The van der Waals surface area contributed by atoms with Gasteiger partial charge in [-0.2, -0.15) is 0 Å². The van der Waals surface area contributed by atoms with Crippen LogP contribution >= 0.6 is 0 Å². The van der Waals surface area contributed by atoms with E-state index in [1.165, 1.54) is 0 Å². The number of hydrazine groups is 1. The Kier molecular flexibility index (Phi) is 4.82. The van der Waals surface area contributed by atoms with Crippen LogP contribution in [0, 0.1) is 0 Å². The van der Waals surface area contributed by atoms with Crippen LogP contribution in [0.3, 0.4) is 0 Å². The molecule has 1 unspecified atom stereocenters. The Labute approximate surface area is 59.6 Å². The predicted molar refractivity (Wildman–Crippen MR) is 36.9 cm³/mol. The van der Waals surface area contributed by atoms with E-state index >= 15 is 0 Å². The summed E-state index contributed by atoms with van der Waals surface area (Å²) in [6, 6.07) is -0.834. The van der Waals surface area contributed by atoms with Crippen molar-refractivity contribution in [2.24, 2.45) is 5.73 Å². The van der Waals surface area contributed by atoms with E-state index in [1.807, 2.05) is 6.92 Å². The Bertz CT molecular complexity index is 107. The first-order chi connectivity index (χ1) is 4.72. The lowest BCUT2D eigenvalue weighted by molar-refractivity contribution is -0.124. The van der Waals surface area contributed by atoms with Crippen LogP contribution in [0.25, 0.3) is 0 Å². The van der Waals surface area contributed by atoms with Crippen molar-refractivity contribution >= 4 is 5.91 Å². The van der Waals surface area contributed by atoms with Crippen molar-refractivity contribution in [1.82, 2.24) is 10.9 Å². The van der Waals surface area contributed by atoms with Gasteiger partial charge in [0.2, 0.25) is 0 Å². The van der Waals surface area contributed by atoms with E-state index in [0.29, 0.717) is 6.54 Å². The zero-order chi connectivity index (χ0) is 7.98. The lowest BCUT2D eigenvalue weighted by atomic mass is 10.3. The molecule has 60 valence electrons. The van der Waals surface area contributed by atoms with Gasteiger partial charge in [-0.05, 0) is 0 Å². The van der Waals surface area contributed by atoms with Crippen molar-refractivity contribution in [1.29, 1.82) is 0 Å². The van der Waals surface area contributed by atoms with Gasteiger partial charge in [0, 0.05) is 6.54 Å². The van der Waals surface area contributed by atoms with E-state index in [9.17, 15) is 4.79 Å². The fraction of sp³-hybridized carbons (Fsp3) is 0.800. The summed E-state index contributed by atoms with van der Waals surface area (Å²) in [5, 5.41) is 8.39. The standard InChI is InChI=1S/C5H13N3O2/c1-2-7-8-5(10)4(6)3-9/h4,7,9H,2-3,6H2,1H3,(H,8,10). The van der Waals surface area contributed by atoms with Crippen LogP contribution in [0.1, 0.15) is 6.92 Å². The Morgan fingerprint density at radius 3 is 2.80 bits per heavy atom. The number of hydrogen-bond donors (Lipinski definition) is 4. The highest BCUT2D eigenvalue weighted by molar-refractivity contribution is 5.81.